The van der Waals surface area contributed by atoms with Crippen LogP contribution in [0, 0.1) is 0 Å². The van der Waals surface area contributed by atoms with E-state index in [1.54, 1.807) is 14.0 Å². The summed E-state index contributed by atoms with van der Waals surface area (Å²) < 4.78 is 18.8. The summed E-state index contributed by atoms with van der Waals surface area (Å²) in [4.78, 5) is 22.5. The smallest absolute Gasteiger partial charge is 0.355 e. The van der Waals surface area contributed by atoms with Crippen LogP contribution in [0.1, 0.15) is 17.4 Å². The van der Waals surface area contributed by atoms with Crippen molar-refractivity contribution in [2.24, 2.45) is 7.05 Å². The highest BCUT2D eigenvalue weighted by molar-refractivity contribution is 6.02. The molecular weight excluding hydrogens is 227 g/mol. The first-order valence-corrected chi connectivity index (χ1v) is 4.95. The maximum atomic E-state index is 12.5. The van der Waals surface area contributed by atoms with Gasteiger partial charge in [-0.3, -0.25) is 4.79 Å². The Bertz CT molecular complexity index is 465. The van der Waals surface area contributed by atoms with Crippen LogP contribution in [0.4, 0.5) is 10.1 Å². The fourth-order valence-electron chi connectivity index (χ4n) is 1.24. The molecule has 0 aliphatic heterocycles. The van der Waals surface area contributed by atoms with E-state index < -0.39 is 17.7 Å². The number of amides is 1. The summed E-state index contributed by atoms with van der Waals surface area (Å²) in [7, 11) is 1.62. The number of aromatic nitrogens is 1. The molecule has 0 aliphatic rings. The summed E-state index contributed by atoms with van der Waals surface area (Å²) in [5.74, 6) is -2.54. The number of halogens is 1. The molecule has 0 aromatic carbocycles. The molecule has 1 aromatic rings. The fraction of sp³-hybridized carbons (Fsp3) is 0.273. The third-order valence-electron chi connectivity index (χ3n) is 1.99. The molecule has 0 atom stereocenters. The molecule has 0 saturated heterocycles. The summed E-state index contributed by atoms with van der Waals surface area (Å²) in [6.45, 7) is 4.82. The number of hydrogen-bond donors (Lipinski definition) is 1. The van der Waals surface area contributed by atoms with Gasteiger partial charge in [0.1, 0.15) is 5.69 Å². The number of rotatable bonds is 4. The van der Waals surface area contributed by atoms with E-state index >= 15 is 0 Å². The van der Waals surface area contributed by atoms with E-state index in [0.717, 1.165) is 0 Å². The molecule has 1 aromatic heterocycles. The minimum Gasteiger partial charge on any atom is -0.461 e. The van der Waals surface area contributed by atoms with Crippen LogP contribution in [0.5, 0.6) is 0 Å². The van der Waals surface area contributed by atoms with Crippen molar-refractivity contribution in [2.75, 3.05) is 11.9 Å². The number of nitrogens with one attached hydrogen (secondary N) is 1. The number of nitrogens with zero attached hydrogens (tertiary/aromatic N) is 1. The van der Waals surface area contributed by atoms with Gasteiger partial charge in [0.2, 0.25) is 0 Å². The van der Waals surface area contributed by atoms with Crippen molar-refractivity contribution in [3.8, 4) is 0 Å². The van der Waals surface area contributed by atoms with Crippen molar-refractivity contribution < 1.29 is 18.7 Å². The second-order valence-corrected chi connectivity index (χ2v) is 3.30. The Hall–Kier alpha value is -2.11. The van der Waals surface area contributed by atoms with Gasteiger partial charge in [-0.15, -0.1) is 0 Å². The van der Waals surface area contributed by atoms with Crippen LogP contribution in [0.2, 0.25) is 0 Å². The summed E-state index contributed by atoms with van der Waals surface area (Å²) in [5, 5.41) is 2.26. The van der Waals surface area contributed by atoms with Crippen molar-refractivity contribution in [2.45, 2.75) is 6.92 Å². The monoisotopic (exact) mass is 240 g/mol. The molecule has 0 spiro atoms. The maximum absolute atomic E-state index is 12.5. The third-order valence-corrected chi connectivity index (χ3v) is 1.99. The van der Waals surface area contributed by atoms with Gasteiger partial charge in [-0.25, -0.2) is 9.18 Å². The summed E-state index contributed by atoms with van der Waals surface area (Å²) >= 11 is 0. The van der Waals surface area contributed by atoms with Gasteiger partial charge in [0.25, 0.3) is 5.91 Å². The number of carbonyl (C=O) groups excluding carboxylic acids is 2. The summed E-state index contributed by atoms with van der Waals surface area (Å²) in [6.07, 6.45) is 1.48. The van der Waals surface area contributed by atoms with E-state index in [4.69, 9.17) is 4.74 Å². The zero-order valence-electron chi connectivity index (χ0n) is 9.62. The van der Waals surface area contributed by atoms with Crippen LogP contribution in [0.15, 0.2) is 24.7 Å². The standard InChI is InChI=1S/C11H13FN2O3/c1-4-17-11(16)9-5-8(6-14(9)3)13-10(15)7(2)12/h5-6H,2,4H2,1,3H3,(H,13,15). The molecule has 0 bridgehead atoms. The summed E-state index contributed by atoms with van der Waals surface area (Å²) in [5.41, 5.74) is 0.575. The fourth-order valence-corrected chi connectivity index (χ4v) is 1.24. The molecule has 92 valence electrons. The van der Waals surface area contributed by atoms with Crippen molar-refractivity contribution >= 4 is 17.6 Å². The van der Waals surface area contributed by atoms with Gasteiger partial charge in [0.15, 0.2) is 5.83 Å². The van der Waals surface area contributed by atoms with Gasteiger partial charge in [0.05, 0.1) is 12.3 Å². The van der Waals surface area contributed by atoms with E-state index in [-0.39, 0.29) is 12.3 Å². The first-order chi connectivity index (χ1) is 7.95. The number of anilines is 1. The lowest BCUT2D eigenvalue weighted by Gasteiger charge is -2.01. The molecule has 1 N–H and O–H groups in total. The Kier molecular flexibility index (Phi) is 4.03. The molecular formula is C11H13FN2O3. The SMILES string of the molecule is C=C(F)C(=O)Nc1cc(C(=O)OCC)n(C)c1. The minimum atomic E-state index is -1.09. The molecule has 17 heavy (non-hydrogen) atoms. The van der Waals surface area contributed by atoms with Crippen LogP contribution in [0.3, 0.4) is 0 Å². The predicted molar refractivity (Wildman–Crippen MR) is 60.2 cm³/mol. The van der Waals surface area contributed by atoms with Gasteiger partial charge >= 0.3 is 5.97 Å². The van der Waals surface area contributed by atoms with E-state index in [2.05, 4.69) is 11.9 Å². The van der Waals surface area contributed by atoms with Crippen LogP contribution in [-0.2, 0) is 16.6 Å². The molecule has 1 rings (SSSR count). The molecule has 0 saturated carbocycles. The van der Waals surface area contributed by atoms with Crippen molar-refractivity contribution in [3.05, 3.63) is 30.4 Å². The van der Waals surface area contributed by atoms with Crippen LogP contribution in [0.25, 0.3) is 0 Å². The Morgan fingerprint density at radius 1 is 1.59 bits per heavy atom. The van der Waals surface area contributed by atoms with Gasteiger partial charge < -0.3 is 14.6 Å². The van der Waals surface area contributed by atoms with Crippen molar-refractivity contribution in [1.29, 1.82) is 0 Å². The lowest BCUT2D eigenvalue weighted by molar-refractivity contribution is -0.114. The first-order valence-electron chi connectivity index (χ1n) is 4.95. The van der Waals surface area contributed by atoms with Crippen molar-refractivity contribution in [3.63, 3.8) is 0 Å². The average molecular weight is 240 g/mol. The molecule has 6 heteroatoms. The zero-order chi connectivity index (χ0) is 13.0. The van der Waals surface area contributed by atoms with Gasteiger partial charge in [-0.2, -0.15) is 0 Å². The normalized spacial score (nSPS) is 9.82. The maximum Gasteiger partial charge on any atom is 0.355 e. The second-order valence-electron chi connectivity index (χ2n) is 3.30. The Labute approximate surface area is 97.9 Å². The van der Waals surface area contributed by atoms with Crippen LogP contribution in [-0.4, -0.2) is 23.1 Å². The number of hydrogen-bond acceptors (Lipinski definition) is 3. The van der Waals surface area contributed by atoms with E-state index in [9.17, 15) is 14.0 Å². The minimum absolute atomic E-state index is 0.257. The number of carbonyl (C=O) groups is 2. The number of esters is 1. The van der Waals surface area contributed by atoms with E-state index in [1.807, 2.05) is 0 Å². The Morgan fingerprint density at radius 2 is 2.24 bits per heavy atom. The molecule has 1 heterocycles. The topological polar surface area (TPSA) is 60.3 Å². The Balaban J connectivity index is 2.85. The van der Waals surface area contributed by atoms with Gasteiger partial charge in [0, 0.05) is 13.2 Å². The quantitative estimate of drug-likeness (QED) is 0.642. The van der Waals surface area contributed by atoms with Gasteiger partial charge in [-0.1, -0.05) is 6.58 Å². The highest BCUT2D eigenvalue weighted by Gasteiger charge is 2.14. The molecule has 5 nitrogen and oxygen atoms in total. The van der Waals surface area contributed by atoms with E-state index in [0.29, 0.717) is 5.69 Å². The molecule has 1 amide bonds. The zero-order valence-corrected chi connectivity index (χ0v) is 9.62. The largest absolute Gasteiger partial charge is 0.461 e. The summed E-state index contributed by atoms with van der Waals surface area (Å²) in [6, 6.07) is 1.40. The highest BCUT2D eigenvalue weighted by atomic mass is 19.1. The lowest BCUT2D eigenvalue weighted by Crippen LogP contribution is -2.10. The first kappa shape index (κ1) is 13.0. The highest BCUT2D eigenvalue weighted by Crippen LogP contribution is 2.14. The predicted octanol–water partition coefficient (Wildman–Crippen LogP) is 1.62. The molecule has 0 unspecified atom stereocenters. The second kappa shape index (κ2) is 5.29. The van der Waals surface area contributed by atoms with Gasteiger partial charge in [-0.05, 0) is 13.0 Å². The lowest BCUT2D eigenvalue weighted by atomic mass is 10.4. The average Bonchev–Trinajstić information content (AvgIpc) is 2.59. The van der Waals surface area contributed by atoms with Crippen LogP contribution < -0.4 is 5.32 Å². The molecule has 0 aliphatic carbocycles. The third kappa shape index (κ3) is 3.17. The number of aryl methyl sites for hydroxylation is 1. The van der Waals surface area contributed by atoms with Crippen molar-refractivity contribution in [1.82, 2.24) is 4.57 Å². The number of ether oxygens (including phenoxy) is 1. The van der Waals surface area contributed by atoms with Crippen LogP contribution >= 0.6 is 0 Å². The molecule has 0 fully saturated rings. The Morgan fingerprint density at radius 3 is 2.76 bits per heavy atom. The van der Waals surface area contributed by atoms with E-state index in [1.165, 1.54) is 16.8 Å². The molecule has 0 radical (unpaired) electrons.